The molecule has 6 heteroatoms. The zero-order chi connectivity index (χ0) is 21.0. The van der Waals surface area contributed by atoms with E-state index in [0.717, 1.165) is 18.4 Å². The van der Waals surface area contributed by atoms with Gasteiger partial charge in [0.05, 0.1) is 0 Å². The Kier molecular flexibility index (Phi) is 6.32. The van der Waals surface area contributed by atoms with Gasteiger partial charge in [-0.25, -0.2) is 0 Å². The number of anilines is 2. The molecule has 0 spiro atoms. The van der Waals surface area contributed by atoms with Gasteiger partial charge in [-0.15, -0.1) is 0 Å². The van der Waals surface area contributed by atoms with Crippen LogP contribution in [0, 0.1) is 18.8 Å². The smallest absolute Gasteiger partial charge is 0.252 e. The van der Waals surface area contributed by atoms with Crippen LogP contribution in [0.25, 0.3) is 0 Å². The maximum absolute atomic E-state index is 12.8. The van der Waals surface area contributed by atoms with Crippen molar-refractivity contribution in [2.24, 2.45) is 11.8 Å². The van der Waals surface area contributed by atoms with Crippen LogP contribution in [0.2, 0.25) is 0 Å². The molecule has 1 unspecified atom stereocenters. The van der Waals surface area contributed by atoms with Gasteiger partial charge in [0, 0.05) is 22.9 Å². The van der Waals surface area contributed by atoms with Gasteiger partial charge in [-0.2, -0.15) is 0 Å². The molecule has 3 N–H and O–H groups in total. The maximum Gasteiger partial charge on any atom is 0.252 e. The monoisotopic (exact) mass is 393 g/mol. The van der Waals surface area contributed by atoms with Gasteiger partial charge in [-0.3, -0.25) is 14.4 Å². The van der Waals surface area contributed by atoms with Crippen LogP contribution in [0.15, 0.2) is 48.5 Å². The number of nitrogens with one attached hydrogen (secondary N) is 3. The molecule has 1 aliphatic carbocycles. The van der Waals surface area contributed by atoms with Gasteiger partial charge in [-0.05, 0) is 61.6 Å². The van der Waals surface area contributed by atoms with Crippen molar-refractivity contribution in [2.45, 2.75) is 39.7 Å². The standard InChI is InChI=1S/C23H27N3O3/c1-14(2)20(26-22(28)19-7-5-4-6-15(19)3)23(29)25-18-12-10-17(11-13-18)24-21(27)16-8-9-16/h4-7,10-14,16,20H,8-9H2,1-3H3,(H,24,27)(H,25,29)(H,26,28). The first-order valence-corrected chi connectivity index (χ1v) is 9.93. The number of carbonyl (C=O) groups is 3. The molecular weight excluding hydrogens is 366 g/mol. The topological polar surface area (TPSA) is 87.3 Å². The second-order valence-electron chi connectivity index (χ2n) is 7.84. The molecular formula is C23H27N3O3. The van der Waals surface area contributed by atoms with Crippen LogP contribution in [0.1, 0.15) is 42.6 Å². The molecule has 3 rings (SSSR count). The highest BCUT2D eigenvalue weighted by Crippen LogP contribution is 2.30. The molecule has 0 aromatic heterocycles. The maximum atomic E-state index is 12.8. The largest absolute Gasteiger partial charge is 0.340 e. The number of rotatable bonds is 7. The quantitative estimate of drug-likeness (QED) is 0.670. The van der Waals surface area contributed by atoms with Gasteiger partial charge in [0.25, 0.3) is 5.91 Å². The summed E-state index contributed by atoms with van der Waals surface area (Å²) in [4.78, 5) is 37.2. The van der Waals surface area contributed by atoms with Gasteiger partial charge in [-0.1, -0.05) is 32.0 Å². The summed E-state index contributed by atoms with van der Waals surface area (Å²) in [6.45, 7) is 5.64. The highest BCUT2D eigenvalue weighted by Gasteiger charge is 2.29. The summed E-state index contributed by atoms with van der Waals surface area (Å²) < 4.78 is 0. The lowest BCUT2D eigenvalue weighted by atomic mass is 10.0. The number of carbonyl (C=O) groups excluding carboxylic acids is 3. The minimum Gasteiger partial charge on any atom is -0.340 e. The fourth-order valence-electron chi connectivity index (χ4n) is 3.03. The molecule has 0 bridgehead atoms. The second kappa shape index (κ2) is 8.90. The van der Waals surface area contributed by atoms with E-state index in [2.05, 4.69) is 16.0 Å². The highest BCUT2D eigenvalue weighted by atomic mass is 16.2. The Morgan fingerprint density at radius 3 is 2.03 bits per heavy atom. The van der Waals surface area contributed by atoms with Crippen LogP contribution in [0.3, 0.4) is 0 Å². The van der Waals surface area contributed by atoms with E-state index in [-0.39, 0.29) is 29.6 Å². The molecule has 2 aromatic carbocycles. The molecule has 1 saturated carbocycles. The minimum atomic E-state index is -0.670. The number of aryl methyl sites for hydroxylation is 1. The summed E-state index contributed by atoms with van der Waals surface area (Å²) in [7, 11) is 0. The van der Waals surface area contributed by atoms with Crippen molar-refractivity contribution >= 4 is 29.1 Å². The Bertz CT molecular complexity index is 902. The van der Waals surface area contributed by atoms with Crippen molar-refractivity contribution in [3.8, 4) is 0 Å². The average molecular weight is 393 g/mol. The van der Waals surface area contributed by atoms with Crippen LogP contribution >= 0.6 is 0 Å². The first-order chi connectivity index (χ1) is 13.8. The molecule has 2 aromatic rings. The second-order valence-corrected chi connectivity index (χ2v) is 7.84. The molecule has 0 saturated heterocycles. The molecule has 0 aliphatic heterocycles. The Hall–Kier alpha value is -3.15. The fourth-order valence-corrected chi connectivity index (χ4v) is 3.03. The van der Waals surface area contributed by atoms with E-state index < -0.39 is 6.04 Å². The summed E-state index contributed by atoms with van der Waals surface area (Å²) in [6, 6.07) is 13.6. The molecule has 0 radical (unpaired) electrons. The van der Waals surface area contributed by atoms with Crippen LogP contribution in [-0.4, -0.2) is 23.8 Å². The first-order valence-electron chi connectivity index (χ1n) is 9.93. The number of amides is 3. The summed E-state index contributed by atoms with van der Waals surface area (Å²) in [6.07, 6.45) is 1.90. The van der Waals surface area contributed by atoms with Gasteiger partial charge < -0.3 is 16.0 Å². The van der Waals surface area contributed by atoms with E-state index in [1.165, 1.54) is 0 Å². The van der Waals surface area contributed by atoms with Gasteiger partial charge in [0.2, 0.25) is 11.8 Å². The minimum absolute atomic E-state index is 0.0422. The predicted molar refractivity (Wildman–Crippen MR) is 114 cm³/mol. The van der Waals surface area contributed by atoms with Crippen molar-refractivity contribution in [1.29, 1.82) is 0 Å². The lowest BCUT2D eigenvalue weighted by molar-refractivity contribution is -0.119. The number of benzene rings is 2. The van der Waals surface area contributed by atoms with E-state index >= 15 is 0 Å². The zero-order valence-corrected chi connectivity index (χ0v) is 17.0. The van der Waals surface area contributed by atoms with Gasteiger partial charge >= 0.3 is 0 Å². The number of hydrogen-bond acceptors (Lipinski definition) is 3. The average Bonchev–Trinajstić information content (AvgIpc) is 3.53. The van der Waals surface area contributed by atoms with Crippen molar-refractivity contribution in [1.82, 2.24) is 5.32 Å². The molecule has 1 aliphatic rings. The predicted octanol–water partition coefficient (Wildman–Crippen LogP) is 3.74. The van der Waals surface area contributed by atoms with E-state index in [1.807, 2.05) is 32.9 Å². The highest BCUT2D eigenvalue weighted by molar-refractivity contribution is 6.02. The van der Waals surface area contributed by atoms with Crippen LogP contribution in [0.5, 0.6) is 0 Å². The lowest BCUT2D eigenvalue weighted by Gasteiger charge is -2.22. The fraction of sp³-hybridized carbons (Fsp3) is 0.348. The van der Waals surface area contributed by atoms with Gasteiger partial charge in [0.15, 0.2) is 0 Å². The van der Waals surface area contributed by atoms with E-state index in [0.29, 0.717) is 16.9 Å². The van der Waals surface area contributed by atoms with E-state index in [1.54, 1.807) is 36.4 Å². The molecule has 3 amide bonds. The lowest BCUT2D eigenvalue weighted by Crippen LogP contribution is -2.47. The summed E-state index contributed by atoms with van der Waals surface area (Å²) >= 11 is 0. The zero-order valence-electron chi connectivity index (χ0n) is 17.0. The number of hydrogen-bond donors (Lipinski definition) is 3. The van der Waals surface area contributed by atoms with Crippen molar-refractivity contribution < 1.29 is 14.4 Å². The Morgan fingerprint density at radius 2 is 1.48 bits per heavy atom. The molecule has 6 nitrogen and oxygen atoms in total. The molecule has 29 heavy (non-hydrogen) atoms. The third-order valence-electron chi connectivity index (χ3n) is 4.99. The van der Waals surface area contributed by atoms with Crippen LogP contribution in [-0.2, 0) is 9.59 Å². The third-order valence-corrected chi connectivity index (χ3v) is 4.99. The normalized spacial score (nSPS) is 14.2. The summed E-state index contributed by atoms with van der Waals surface area (Å²) in [5, 5.41) is 8.55. The Balaban J connectivity index is 1.62. The molecule has 1 fully saturated rings. The van der Waals surface area contributed by atoms with Crippen molar-refractivity contribution in [3.63, 3.8) is 0 Å². The molecule has 152 valence electrons. The van der Waals surface area contributed by atoms with Crippen LogP contribution in [0.4, 0.5) is 11.4 Å². The van der Waals surface area contributed by atoms with E-state index in [9.17, 15) is 14.4 Å². The van der Waals surface area contributed by atoms with E-state index in [4.69, 9.17) is 0 Å². The summed E-state index contributed by atoms with van der Waals surface area (Å²) in [5.74, 6) is -0.453. The Labute approximate surface area is 171 Å². The molecule has 1 atom stereocenters. The van der Waals surface area contributed by atoms with Crippen LogP contribution < -0.4 is 16.0 Å². The first kappa shape index (κ1) is 20.6. The SMILES string of the molecule is Cc1ccccc1C(=O)NC(C(=O)Nc1ccc(NC(=O)C2CC2)cc1)C(C)C. The van der Waals surface area contributed by atoms with Gasteiger partial charge in [0.1, 0.15) is 6.04 Å². The third kappa shape index (κ3) is 5.44. The Morgan fingerprint density at radius 1 is 0.897 bits per heavy atom. The molecule has 0 heterocycles. The van der Waals surface area contributed by atoms with Crippen molar-refractivity contribution in [3.05, 3.63) is 59.7 Å². The van der Waals surface area contributed by atoms with Crippen molar-refractivity contribution in [2.75, 3.05) is 10.6 Å². The summed E-state index contributed by atoms with van der Waals surface area (Å²) in [5.41, 5.74) is 2.72.